The highest BCUT2D eigenvalue weighted by Crippen LogP contribution is 1.68. The van der Waals surface area contributed by atoms with Crippen LogP contribution in [-0.2, 0) is 0 Å². The van der Waals surface area contributed by atoms with E-state index in [0.29, 0.717) is 0 Å². The number of halogens is 2. The molecule has 0 unspecified atom stereocenters. The van der Waals surface area contributed by atoms with E-state index in [4.69, 9.17) is 19.8 Å². The van der Waals surface area contributed by atoms with Gasteiger partial charge in [-0.25, -0.2) is 9.59 Å². The third kappa shape index (κ3) is 1390. The number of hydrogen-bond acceptors (Lipinski definition) is 2. The minimum Gasteiger partial charge on any atom is -0.469 e. The van der Waals surface area contributed by atoms with Gasteiger partial charge in [0, 0.05) is 23.2 Å². The van der Waals surface area contributed by atoms with Gasteiger partial charge in [0.15, 0.2) is 0 Å². The van der Waals surface area contributed by atoms with E-state index in [0.717, 1.165) is 0 Å². The Morgan fingerprint density at radius 2 is 1.00 bits per heavy atom. The lowest BCUT2D eigenvalue weighted by molar-refractivity contribution is 0.219. The van der Waals surface area contributed by atoms with Gasteiger partial charge in [-0.15, -0.1) is 0 Å². The molecule has 0 amide bonds. The summed E-state index contributed by atoms with van der Waals surface area (Å²) in [6, 6.07) is 0. The summed E-state index contributed by atoms with van der Waals surface area (Å²) < 4.78 is 0. The molecule has 0 aromatic heterocycles. The molecule has 10 heavy (non-hydrogen) atoms. The molecule has 6 heteroatoms. The van der Waals surface area contributed by atoms with Crippen molar-refractivity contribution >= 4 is 34.1 Å². The van der Waals surface area contributed by atoms with Crippen LogP contribution in [0.1, 0.15) is 13.8 Å². The number of rotatable bonds is 0. The molecule has 0 aliphatic carbocycles. The van der Waals surface area contributed by atoms with Crippen LogP contribution >= 0.6 is 23.2 Å². The zero-order valence-electron chi connectivity index (χ0n) is 5.47. The van der Waals surface area contributed by atoms with Crippen LogP contribution in [0.3, 0.4) is 0 Å². The van der Waals surface area contributed by atoms with Crippen LogP contribution in [0, 0.1) is 0 Å². The fourth-order valence-electron chi connectivity index (χ4n) is 0. The fraction of sp³-hybridized carbons (Fsp3) is 0.500. The van der Waals surface area contributed by atoms with Crippen LogP contribution in [-0.4, -0.2) is 21.1 Å². The standard InChI is InChI=1S/C2H6.2CHClO2/c1-2;2*2-1(3)4/h1-2H3;2*(H,3,4). The molecule has 62 valence electrons. The maximum Gasteiger partial charge on any atom is 0.401 e. The molecule has 0 radical (unpaired) electrons. The van der Waals surface area contributed by atoms with Crippen LogP contribution in [0.2, 0.25) is 0 Å². The maximum absolute atomic E-state index is 8.77. The number of hydrogen-bond donors (Lipinski definition) is 2. The van der Waals surface area contributed by atoms with Crippen molar-refractivity contribution in [1.82, 2.24) is 0 Å². The highest BCUT2D eigenvalue weighted by Gasteiger charge is 1.71. The fourth-order valence-corrected chi connectivity index (χ4v) is 0. The van der Waals surface area contributed by atoms with Crippen molar-refractivity contribution < 1.29 is 19.8 Å². The molecule has 4 nitrogen and oxygen atoms in total. The number of carboxylic acid groups (broad SMARTS) is 2. The molecule has 0 atom stereocenters. The lowest BCUT2D eigenvalue weighted by atomic mass is 11.0. The minimum atomic E-state index is -1.36. The Bertz CT molecular complexity index is 73.3. The maximum atomic E-state index is 8.77. The van der Waals surface area contributed by atoms with Crippen LogP contribution in [0.25, 0.3) is 0 Å². The van der Waals surface area contributed by atoms with Crippen LogP contribution < -0.4 is 0 Å². The molecular formula is C4H8Cl2O4. The Hall–Kier alpha value is -0.480. The summed E-state index contributed by atoms with van der Waals surface area (Å²) in [5.41, 5.74) is -2.72. The molecule has 0 saturated carbocycles. The van der Waals surface area contributed by atoms with E-state index >= 15 is 0 Å². The van der Waals surface area contributed by atoms with Gasteiger partial charge in [-0.05, 0) is 0 Å². The molecule has 0 fully saturated rings. The van der Waals surface area contributed by atoms with Crippen molar-refractivity contribution in [3.63, 3.8) is 0 Å². The molecule has 0 aliphatic rings. The van der Waals surface area contributed by atoms with Gasteiger partial charge < -0.3 is 10.2 Å². The lowest BCUT2D eigenvalue weighted by Gasteiger charge is -1.55. The minimum absolute atomic E-state index is 1.36. The van der Waals surface area contributed by atoms with Crippen molar-refractivity contribution in [1.29, 1.82) is 0 Å². The van der Waals surface area contributed by atoms with Gasteiger partial charge in [0.2, 0.25) is 0 Å². The number of carbonyl (C=O) groups is 2. The second-order valence-electron chi connectivity index (χ2n) is 0.506. The van der Waals surface area contributed by atoms with Crippen LogP contribution in [0.5, 0.6) is 0 Å². The third-order valence-electron chi connectivity index (χ3n) is 0. The molecular weight excluding hydrogens is 183 g/mol. The second kappa shape index (κ2) is 15.8. The van der Waals surface area contributed by atoms with Gasteiger partial charge in [-0.2, -0.15) is 0 Å². The van der Waals surface area contributed by atoms with Gasteiger partial charge in [-0.1, -0.05) is 13.8 Å². The third-order valence-corrected chi connectivity index (χ3v) is 0. The Morgan fingerprint density at radius 3 is 1.00 bits per heavy atom. The van der Waals surface area contributed by atoms with E-state index in [1.54, 1.807) is 0 Å². The Kier molecular flexibility index (Phi) is 25.7. The largest absolute Gasteiger partial charge is 0.469 e. The Labute approximate surface area is 68.4 Å². The summed E-state index contributed by atoms with van der Waals surface area (Å²) >= 11 is 8.38. The van der Waals surface area contributed by atoms with Crippen molar-refractivity contribution in [2.75, 3.05) is 0 Å². The molecule has 2 N–H and O–H groups in total. The molecule has 0 rings (SSSR count). The predicted octanol–water partition coefficient (Wildman–Crippen LogP) is 2.83. The Balaban J connectivity index is -0.0000000787. The van der Waals surface area contributed by atoms with Gasteiger partial charge in [0.05, 0.1) is 0 Å². The van der Waals surface area contributed by atoms with E-state index in [2.05, 4.69) is 23.2 Å². The van der Waals surface area contributed by atoms with Gasteiger partial charge >= 0.3 is 10.9 Å². The quantitative estimate of drug-likeness (QED) is 0.577. The van der Waals surface area contributed by atoms with E-state index in [1.165, 1.54) is 0 Å². The second-order valence-corrected chi connectivity index (χ2v) is 1.15. The molecule has 0 aromatic carbocycles. The van der Waals surface area contributed by atoms with E-state index in [1.807, 2.05) is 13.8 Å². The van der Waals surface area contributed by atoms with Crippen molar-refractivity contribution in [3.05, 3.63) is 0 Å². The summed E-state index contributed by atoms with van der Waals surface area (Å²) in [5.74, 6) is 0. The van der Waals surface area contributed by atoms with Gasteiger partial charge in [-0.3, -0.25) is 0 Å². The first-order valence-corrected chi connectivity index (χ1v) is 2.99. The summed E-state index contributed by atoms with van der Waals surface area (Å²) in [7, 11) is 0. The Morgan fingerprint density at radius 1 is 1.00 bits per heavy atom. The molecule has 0 spiro atoms. The summed E-state index contributed by atoms with van der Waals surface area (Å²) in [6.45, 7) is 4.00. The monoisotopic (exact) mass is 190 g/mol. The molecule has 0 aliphatic heterocycles. The zero-order chi connectivity index (χ0) is 9.15. The predicted molar refractivity (Wildman–Crippen MR) is 39.1 cm³/mol. The van der Waals surface area contributed by atoms with Gasteiger partial charge in [0.25, 0.3) is 0 Å². The topological polar surface area (TPSA) is 74.6 Å². The highest BCUT2D eigenvalue weighted by molar-refractivity contribution is 6.60. The summed E-state index contributed by atoms with van der Waals surface area (Å²) in [4.78, 5) is 17.5. The van der Waals surface area contributed by atoms with Crippen molar-refractivity contribution in [3.8, 4) is 0 Å². The van der Waals surface area contributed by atoms with Crippen LogP contribution in [0.15, 0.2) is 0 Å². The molecule has 0 aromatic rings. The van der Waals surface area contributed by atoms with Crippen molar-refractivity contribution in [2.24, 2.45) is 0 Å². The summed E-state index contributed by atoms with van der Waals surface area (Å²) in [5, 5.41) is 14.4. The molecule has 0 bridgehead atoms. The molecule has 0 saturated heterocycles. The average molecular weight is 191 g/mol. The first-order chi connectivity index (χ1) is 4.46. The summed E-state index contributed by atoms with van der Waals surface area (Å²) in [6.07, 6.45) is 0. The van der Waals surface area contributed by atoms with E-state index in [-0.39, 0.29) is 0 Å². The van der Waals surface area contributed by atoms with E-state index in [9.17, 15) is 0 Å². The average Bonchev–Trinajstić information content (AvgIpc) is 1.66. The SMILES string of the molecule is CC.O=C(O)Cl.O=C(O)Cl. The van der Waals surface area contributed by atoms with Crippen LogP contribution in [0.4, 0.5) is 9.59 Å². The zero-order valence-corrected chi connectivity index (χ0v) is 6.98. The smallest absolute Gasteiger partial charge is 0.401 e. The normalized spacial score (nSPS) is 5.60. The first-order valence-electron chi connectivity index (χ1n) is 2.23. The lowest BCUT2D eigenvalue weighted by Crippen LogP contribution is -1.66. The first kappa shape index (κ1) is 16.3. The van der Waals surface area contributed by atoms with Gasteiger partial charge in [0.1, 0.15) is 0 Å². The van der Waals surface area contributed by atoms with Crippen molar-refractivity contribution in [2.45, 2.75) is 13.8 Å². The highest BCUT2D eigenvalue weighted by atomic mass is 35.5. The molecule has 0 heterocycles. The van der Waals surface area contributed by atoms with E-state index < -0.39 is 10.9 Å².